The van der Waals surface area contributed by atoms with E-state index < -0.39 is 0 Å². The van der Waals surface area contributed by atoms with Crippen molar-refractivity contribution in [1.29, 1.82) is 0 Å². The third-order valence-corrected chi connectivity index (χ3v) is 2.56. The number of hydrogen-bond donors (Lipinski definition) is 1. The van der Waals surface area contributed by atoms with E-state index in [1.807, 2.05) is 0 Å². The monoisotopic (exact) mass is 297 g/mol. The van der Waals surface area contributed by atoms with Gasteiger partial charge in [0.2, 0.25) is 5.88 Å². The molecular weight excluding hydrogens is 289 g/mol. The van der Waals surface area contributed by atoms with Crippen LogP contribution in [0.15, 0.2) is 28.7 Å². The summed E-state index contributed by atoms with van der Waals surface area (Å²) >= 11 is 3.20. The summed E-state index contributed by atoms with van der Waals surface area (Å²) in [6.07, 6.45) is 0. The first kappa shape index (κ1) is 11.8. The van der Waals surface area contributed by atoms with Crippen molar-refractivity contribution in [2.45, 2.75) is 6.92 Å². The largest absolute Gasteiger partial charge is 0.438 e. The van der Waals surface area contributed by atoms with Gasteiger partial charge in [-0.05, 0) is 41.1 Å². The Morgan fingerprint density at radius 2 is 2.06 bits per heavy atom. The Labute approximate surface area is 106 Å². The number of aromatic nitrogens is 2. The van der Waals surface area contributed by atoms with E-state index in [0.29, 0.717) is 27.7 Å². The maximum Gasteiger partial charge on any atom is 0.224 e. The molecule has 2 N–H and O–H groups in total. The molecule has 88 valence electrons. The summed E-state index contributed by atoms with van der Waals surface area (Å²) < 4.78 is 18.9. The van der Waals surface area contributed by atoms with Crippen LogP contribution >= 0.6 is 15.9 Å². The summed E-state index contributed by atoms with van der Waals surface area (Å²) in [5.41, 5.74) is 5.57. The summed E-state index contributed by atoms with van der Waals surface area (Å²) in [6.45, 7) is 1.71. The highest BCUT2D eigenvalue weighted by atomic mass is 79.9. The minimum absolute atomic E-state index is 0.322. The molecule has 0 radical (unpaired) electrons. The molecule has 17 heavy (non-hydrogen) atoms. The highest BCUT2D eigenvalue weighted by Gasteiger charge is 2.06. The van der Waals surface area contributed by atoms with E-state index in [1.54, 1.807) is 6.92 Å². The zero-order valence-electron chi connectivity index (χ0n) is 8.95. The molecule has 1 heterocycles. The second-order valence-corrected chi connectivity index (χ2v) is 4.21. The summed E-state index contributed by atoms with van der Waals surface area (Å²) in [5.74, 6) is 1.28. The topological polar surface area (TPSA) is 61.0 Å². The number of halogens is 2. The molecule has 0 saturated heterocycles. The van der Waals surface area contributed by atoms with Crippen molar-refractivity contribution in [3.63, 3.8) is 0 Å². The van der Waals surface area contributed by atoms with Gasteiger partial charge < -0.3 is 10.5 Å². The standard InChI is InChI=1S/C11H9BrFN3O/c1-6-15-10(14)5-11(16-6)17-9-3-2-7(13)4-8(9)12/h2-5H,1H3,(H2,14,15,16). The minimum atomic E-state index is -0.345. The van der Waals surface area contributed by atoms with Crippen LogP contribution in [0.4, 0.5) is 10.2 Å². The first-order valence-electron chi connectivity index (χ1n) is 4.78. The fraction of sp³-hybridized carbons (Fsp3) is 0.0909. The lowest BCUT2D eigenvalue weighted by molar-refractivity contribution is 0.455. The number of hydrogen-bond acceptors (Lipinski definition) is 4. The van der Waals surface area contributed by atoms with Crippen LogP contribution in [0.1, 0.15) is 5.82 Å². The number of benzene rings is 1. The maximum absolute atomic E-state index is 12.9. The highest BCUT2D eigenvalue weighted by Crippen LogP contribution is 2.29. The molecule has 0 bridgehead atoms. The lowest BCUT2D eigenvalue weighted by Crippen LogP contribution is -1.98. The Balaban J connectivity index is 2.31. The van der Waals surface area contributed by atoms with E-state index in [9.17, 15) is 4.39 Å². The van der Waals surface area contributed by atoms with Crippen LogP contribution in [0, 0.1) is 12.7 Å². The number of nitrogens with two attached hydrogens (primary N) is 1. The number of nitrogen functional groups attached to an aromatic ring is 1. The first-order valence-corrected chi connectivity index (χ1v) is 5.58. The lowest BCUT2D eigenvalue weighted by Gasteiger charge is -2.07. The molecule has 0 aliphatic heterocycles. The van der Waals surface area contributed by atoms with Gasteiger partial charge in [0.1, 0.15) is 23.2 Å². The molecule has 0 spiro atoms. The molecule has 0 aliphatic rings. The van der Waals surface area contributed by atoms with Crippen molar-refractivity contribution in [1.82, 2.24) is 9.97 Å². The maximum atomic E-state index is 12.9. The molecule has 0 atom stereocenters. The zero-order valence-corrected chi connectivity index (χ0v) is 10.5. The molecule has 2 aromatic rings. The van der Waals surface area contributed by atoms with E-state index in [2.05, 4.69) is 25.9 Å². The summed E-state index contributed by atoms with van der Waals surface area (Å²) in [4.78, 5) is 7.99. The fourth-order valence-electron chi connectivity index (χ4n) is 1.29. The fourth-order valence-corrected chi connectivity index (χ4v) is 1.72. The molecule has 2 rings (SSSR count). The second-order valence-electron chi connectivity index (χ2n) is 3.36. The Morgan fingerprint density at radius 3 is 2.71 bits per heavy atom. The van der Waals surface area contributed by atoms with Crippen molar-refractivity contribution in [2.75, 3.05) is 5.73 Å². The van der Waals surface area contributed by atoms with Crippen molar-refractivity contribution < 1.29 is 9.13 Å². The van der Waals surface area contributed by atoms with Crippen LogP contribution < -0.4 is 10.5 Å². The molecule has 0 aliphatic carbocycles. The average Bonchev–Trinajstić information content (AvgIpc) is 2.21. The van der Waals surface area contributed by atoms with Gasteiger partial charge >= 0.3 is 0 Å². The van der Waals surface area contributed by atoms with Gasteiger partial charge in [-0.1, -0.05) is 0 Å². The molecule has 4 nitrogen and oxygen atoms in total. The van der Waals surface area contributed by atoms with E-state index in [-0.39, 0.29) is 5.82 Å². The van der Waals surface area contributed by atoms with Gasteiger partial charge in [-0.25, -0.2) is 9.37 Å². The molecule has 6 heteroatoms. The van der Waals surface area contributed by atoms with Gasteiger partial charge in [-0.3, -0.25) is 0 Å². The summed E-state index contributed by atoms with van der Waals surface area (Å²) in [6, 6.07) is 5.63. The molecule has 0 amide bonds. The van der Waals surface area contributed by atoms with Crippen LogP contribution in [0.2, 0.25) is 0 Å². The van der Waals surface area contributed by atoms with Gasteiger partial charge in [0.25, 0.3) is 0 Å². The van der Waals surface area contributed by atoms with Gasteiger partial charge in [0.15, 0.2) is 0 Å². The number of aryl methyl sites for hydroxylation is 1. The summed E-state index contributed by atoms with van der Waals surface area (Å²) in [7, 11) is 0. The van der Waals surface area contributed by atoms with Crippen molar-refractivity contribution in [3.8, 4) is 11.6 Å². The Bertz CT molecular complexity index is 542. The van der Waals surface area contributed by atoms with Crippen molar-refractivity contribution in [2.24, 2.45) is 0 Å². The van der Waals surface area contributed by atoms with Crippen LogP contribution in [0.5, 0.6) is 11.6 Å². The Hall–Kier alpha value is -1.69. The quantitative estimate of drug-likeness (QED) is 0.925. The average molecular weight is 298 g/mol. The van der Waals surface area contributed by atoms with Crippen LogP contribution in [-0.2, 0) is 0 Å². The predicted octanol–water partition coefficient (Wildman–Crippen LogP) is 3.06. The molecular formula is C11H9BrFN3O. The minimum Gasteiger partial charge on any atom is -0.438 e. The molecule has 0 saturated carbocycles. The van der Waals surface area contributed by atoms with E-state index in [1.165, 1.54) is 24.3 Å². The number of rotatable bonds is 2. The van der Waals surface area contributed by atoms with E-state index in [0.717, 1.165) is 0 Å². The third kappa shape index (κ3) is 2.91. The normalized spacial score (nSPS) is 10.3. The lowest BCUT2D eigenvalue weighted by atomic mass is 10.3. The van der Waals surface area contributed by atoms with Gasteiger partial charge in [0, 0.05) is 6.07 Å². The third-order valence-electron chi connectivity index (χ3n) is 1.94. The molecule has 0 unspecified atom stereocenters. The second kappa shape index (κ2) is 4.67. The number of ether oxygens (including phenoxy) is 1. The molecule has 1 aromatic carbocycles. The predicted molar refractivity (Wildman–Crippen MR) is 65.4 cm³/mol. The van der Waals surface area contributed by atoms with E-state index in [4.69, 9.17) is 10.5 Å². The van der Waals surface area contributed by atoms with Crippen molar-refractivity contribution >= 4 is 21.7 Å². The van der Waals surface area contributed by atoms with Crippen LogP contribution in [0.3, 0.4) is 0 Å². The first-order chi connectivity index (χ1) is 8.04. The molecule has 0 fully saturated rings. The van der Waals surface area contributed by atoms with Crippen LogP contribution in [-0.4, -0.2) is 9.97 Å². The Kier molecular flexibility index (Phi) is 3.23. The highest BCUT2D eigenvalue weighted by molar-refractivity contribution is 9.10. The number of anilines is 1. The summed E-state index contributed by atoms with van der Waals surface area (Å²) in [5, 5.41) is 0. The number of nitrogens with zero attached hydrogens (tertiary/aromatic N) is 2. The van der Waals surface area contributed by atoms with Crippen LogP contribution in [0.25, 0.3) is 0 Å². The van der Waals surface area contributed by atoms with Gasteiger partial charge in [-0.2, -0.15) is 4.98 Å². The van der Waals surface area contributed by atoms with Gasteiger partial charge in [-0.15, -0.1) is 0 Å². The zero-order chi connectivity index (χ0) is 12.4. The Morgan fingerprint density at radius 1 is 1.29 bits per heavy atom. The molecule has 1 aromatic heterocycles. The smallest absolute Gasteiger partial charge is 0.224 e. The van der Waals surface area contributed by atoms with Gasteiger partial charge in [0.05, 0.1) is 4.47 Å². The van der Waals surface area contributed by atoms with Crippen molar-refractivity contribution in [3.05, 3.63) is 40.4 Å². The SMILES string of the molecule is Cc1nc(N)cc(Oc2ccc(F)cc2Br)n1. The van der Waals surface area contributed by atoms with E-state index >= 15 is 0 Å².